The average Bonchev–Trinajstić information content (AvgIpc) is 2.27. The lowest BCUT2D eigenvalue weighted by molar-refractivity contribution is 0.599. The van der Waals surface area contributed by atoms with Crippen molar-refractivity contribution in [3.63, 3.8) is 0 Å². The van der Waals surface area contributed by atoms with Gasteiger partial charge in [-0.05, 0) is 12.1 Å². The molecule has 0 saturated carbocycles. The van der Waals surface area contributed by atoms with Crippen molar-refractivity contribution in [3.8, 4) is 0 Å². The SMILES string of the molecule is NS(=O)(=O)CCSc1cnc2ccccc2n1. The van der Waals surface area contributed by atoms with Gasteiger partial charge in [0.15, 0.2) is 0 Å². The Bertz CT molecular complexity index is 628. The highest BCUT2D eigenvalue weighted by Gasteiger charge is 2.04. The normalized spacial score (nSPS) is 11.8. The Morgan fingerprint density at radius 3 is 2.65 bits per heavy atom. The van der Waals surface area contributed by atoms with Gasteiger partial charge in [0, 0.05) is 5.75 Å². The predicted molar refractivity (Wildman–Crippen MR) is 68.2 cm³/mol. The van der Waals surface area contributed by atoms with E-state index >= 15 is 0 Å². The summed E-state index contributed by atoms with van der Waals surface area (Å²) in [5, 5.41) is 5.61. The molecule has 0 amide bonds. The van der Waals surface area contributed by atoms with Gasteiger partial charge in [0.2, 0.25) is 10.0 Å². The molecule has 0 aliphatic carbocycles. The molecule has 0 fully saturated rings. The van der Waals surface area contributed by atoms with Gasteiger partial charge in [0.25, 0.3) is 0 Å². The van der Waals surface area contributed by atoms with Gasteiger partial charge in [-0.1, -0.05) is 12.1 Å². The van der Waals surface area contributed by atoms with Crippen LogP contribution in [0, 0.1) is 0 Å². The van der Waals surface area contributed by atoms with Crippen molar-refractivity contribution in [2.45, 2.75) is 5.03 Å². The summed E-state index contributed by atoms with van der Waals surface area (Å²) in [6.07, 6.45) is 1.64. The van der Waals surface area contributed by atoms with Crippen molar-refractivity contribution < 1.29 is 8.42 Å². The van der Waals surface area contributed by atoms with Crippen LogP contribution < -0.4 is 5.14 Å². The standard InChI is InChI=1S/C10H11N3O2S2/c11-17(14,15)6-5-16-10-7-12-8-3-1-2-4-9(8)13-10/h1-4,7H,5-6H2,(H2,11,14,15). The Balaban J connectivity index is 2.09. The zero-order chi connectivity index (χ0) is 12.3. The van der Waals surface area contributed by atoms with E-state index < -0.39 is 10.0 Å². The molecule has 0 aliphatic heterocycles. The first-order valence-electron chi connectivity index (χ1n) is 4.90. The molecule has 17 heavy (non-hydrogen) atoms. The number of para-hydroxylation sites is 2. The van der Waals surface area contributed by atoms with Gasteiger partial charge >= 0.3 is 0 Å². The number of thioether (sulfide) groups is 1. The monoisotopic (exact) mass is 269 g/mol. The maximum atomic E-state index is 10.8. The summed E-state index contributed by atoms with van der Waals surface area (Å²) >= 11 is 1.33. The second-order valence-corrected chi connectivity index (χ2v) is 6.26. The number of hydrogen-bond donors (Lipinski definition) is 1. The molecule has 0 atom stereocenters. The van der Waals surface area contributed by atoms with Crippen LogP contribution in [-0.4, -0.2) is 29.9 Å². The first kappa shape index (κ1) is 12.3. The van der Waals surface area contributed by atoms with E-state index in [4.69, 9.17) is 5.14 Å². The number of nitrogens with two attached hydrogens (primary N) is 1. The maximum absolute atomic E-state index is 10.8. The first-order chi connectivity index (χ1) is 8.04. The minimum atomic E-state index is -3.41. The summed E-state index contributed by atoms with van der Waals surface area (Å²) in [6.45, 7) is 0. The van der Waals surface area contributed by atoms with Crippen molar-refractivity contribution in [2.75, 3.05) is 11.5 Å². The van der Waals surface area contributed by atoms with E-state index in [1.54, 1.807) is 6.20 Å². The molecule has 0 bridgehead atoms. The molecule has 1 aromatic heterocycles. The van der Waals surface area contributed by atoms with Gasteiger partial charge in [-0.2, -0.15) is 0 Å². The van der Waals surface area contributed by atoms with Crippen LogP contribution >= 0.6 is 11.8 Å². The summed E-state index contributed by atoms with van der Waals surface area (Å²) < 4.78 is 21.5. The third-order valence-electron chi connectivity index (χ3n) is 2.04. The molecule has 90 valence electrons. The minimum absolute atomic E-state index is 0.0633. The van der Waals surface area contributed by atoms with Crippen molar-refractivity contribution in [1.29, 1.82) is 0 Å². The molecule has 1 heterocycles. The first-order valence-corrected chi connectivity index (χ1v) is 7.60. The van der Waals surface area contributed by atoms with E-state index in [9.17, 15) is 8.42 Å². The van der Waals surface area contributed by atoms with Gasteiger partial charge < -0.3 is 0 Å². The van der Waals surface area contributed by atoms with E-state index in [1.807, 2.05) is 24.3 Å². The summed E-state index contributed by atoms with van der Waals surface area (Å²) in [4.78, 5) is 8.59. The Hall–Kier alpha value is -1.18. The van der Waals surface area contributed by atoms with E-state index in [0.29, 0.717) is 10.8 Å². The van der Waals surface area contributed by atoms with Crippen LogP contribution in [0.1, 0.15) is 0 Å². The molecule has 7 heteroatoms. The lowest BCUT2D eigenvalue weighted by Gasteiger charge is -2.01. The molecule has 1 aromatic carbocycles. The molecule has 0 aliphatic rings. The van der Waals surface area contributed by atoms with Gasteiger partial charge in [-0.15, -0.1) is 11.8 Å². The second kappa shape index (κ2) is 4.99. The quantitative estimate of drug-likeness (QED) is 0.837. The lowest BCUT2D eigenvalue weighted by atomic mass is 10.3. The number of aromatic nitrogens is 2. The van der Waals surface area contributed by atoms with E-state index in [2.05, 4.69) is 9.97 Å². The molecule has 2 rings (SSSR count). The number of nitrogens with zero attached hydrogens (tertiary/aromatic N) is 2. The van der Waals surface area contributed by atoms with Crippen molar-refractivity contribution in [3.05, 3.63) is 30.5 Å². The van der Waals surface area contributed by atoms with Gasteiger partial charge in [-0.3, -0.25) is 4.98 Å². The molecule has 0 saturated heterocycles. The van der Waals surface area contributed by atoms with Gasteiger partial charge in [-0.25, -0.2) is 18.5 Å². The number of rotatable bonds is 4. The highest BCUT2D eigenvalue weighted by Crippen LogP contribution is 2.17. The van der Waals surface area contributed by atoms with Crippen LogP contribution in [-0.2, 0) is 10.0 Å². The summed E-state index contributed by atoms with van der Waals surface area (Å²) in [5.41, 5.74) is 1.62. The molecule has 0 radical (unpaired) electrons. The second-order valence-electron chi connectivity index (χ2n) is 3.41. The zero-order valence-corrected chi connectivity index (χ0v) is 10.5. The molecule has 0 unspecified atom stereocenters. The molecular weight excluding hydrogens is 258 g/mol. The van der Waals surface area contributed by atoms with Crippen molar-refractivity contribution >= 4 is 32.8 Å². The maximum Gasteiger partial charge on any atom is 0.209 e. The average molecular weight is 269 g/mol. The van der Waals surface area contributed by atoms with Crippen LogP contribution in [0.3, 0.4) is 0 Å². The number of benzene rings is 1. The molecule has 2 aromatic rings. The highest BCUT2D eigenvalue weighted by atomic mass is 32.2. The summed E-state index contributed by atoms with van der Waals surface area (Å²) in [7, 11) is -3.41. The fourth-order valence-corrected chi connectivity index (χ4v) is 3.03. The van der Waals surface area contributed by atoms with Crippen LogP contribution in [0.2, 0.25) is 0 Å². The summed E-state index contributed by atoms with van der Waals surface area (Å²) in [5.74, 6) is 0.317. The van der Waals surface area contributed by atoms with Crippen molar-refractivity contribution in [1.82, 2.24) is 9.97 Å². The fraction of sp³-hybridized carbons (Fsp3) is 0.200. The van der Waals surface area contributed by atoms with Crippen LogP contribution in [0.5, 0.6) is 0 Å². The fourth-order valence-electron chi connectivity index (χ4n) is 1.27. The third-order valence-corrected chi connectivity index (χ3v) is 3.98. The van der Waals surface area contributed by atoms with Crippen LogP contribution in [0.4, 0.5) is 0 Å². The summed E-state index contributed by atoms with van der Waals surface area (Å²) in [6, 6.07) is 7.52. The smallest absolute Gasteiger partial charge is 0.209 e. The lowest BCUT2D eigenvalue weighted by Crippen LogP contribution is -2.17. The van der Waals surface area contributed by atoms with E-state index in [1.165, 1.54) is 11.8 Å². The molecule has 5 nitrogen and oxygen atoms in total. The van der Waals surface area contributed by atoms with E-state index in [0.717, 1.165) is 11.0 Å². The molecule has 0 spiro atoms. The third kappa shape index (κ3) is 3.65. The number of sulfonamides is 1. The van der Waals surface area contributed by atoms with E-state index in [-0.39, 0.29) is 5.75 Å². The number of primary sulfonamides is 1. The molecular formula is C10H11N3O2S2. The molecule has 2 N–H and O–H groups in total. The van der Waals surface area contributed by atoms with Crippen LogP contribution in [0.15, 0.2) is 35.5 Å². The Kier molecular flexibility index (Phi) is 3.60. The predicted octanol–water partition coefficient (Wildman–Crippen LogP) is 1.01. The zero-order valence-electron chi connectivity index (χ0n) is 8.91. The number of hydrogen-bond acceptors (Lipinski definition) is 5. The number of fused-ring (bicyclic) bond motifs is 1. The largest absolute Gasteiger partial charge is 0.252 e. The van der Waals surface area contributed by atoms with Crippen molar-refractivity contribution in [2.24, 2.45) is 5.14 Å². The van der Waals surface area contributed by atoms with Crippen LogP contribution in [0.25, 0.3) is 11.0 Å². The van der Waals surface area contributed by atoms with Gasteiger partial charge in [0.05, 0.1) is 23.0 Å². The van der Waals surface area contributed by atoms with Gasteiger partial charge in [0.1, 0.15) is 5.03 Å². The highest BCUT2D eigenvalue weighted by molar-refractivity contribution is 8.00. The topological polar surface area (TPSA) is 85.9 Å². The Labute approximate surface area is 104 Å². The minimum Gasteiger partial charge on any atom is -0.252 e. The Morgan fingerprint density at radius 2 is 1.94 bits per heavy atom. The Morgan fingerprint density at radius 1 is 1.24 bits per heavy atom.